The summed E-state index contributed by atoms with van der Waals surface area (Å²) in [5.74, 6) is 1.28. The van der Waals surface area contributed by atoms with E-state index in [4.69, 9.17) is 27.9 Å². The predicted molar refractivity (Wildman–Crippen MR) is 155 cm³/mol. The van der Waals surface area contributed by atoms with Gasteiger partial charge in [-0.3, -0.25) is 0 Å². The fourth-order valence-corrected chi connectivity index (χ4v) is 5.09. The van der Waals surface area contributed by atoms with E-state index >= 15 is 0 Å². The average Bonchev–Trinajstić information content (AvgIpc) is 2.86. The van der Waals surface area contributed by atoms with E-state index in [9.17, 15) is 0 Å². The molecule has 0 N–H and O–H groups in total. The molecule has 0 aliphatic carbocycles. The molecular weight excluding hydrogens is 607 g/mol. The summed E-state index contributed by atoms with van der Waals surface area (Å²) in [6.45, 7) is 0. The second-order valence-corrected chi connectivity index (χ2v) is 11.1. The van der Waals surface area contributed by atoms with Gasteiger partial charge in [0.15, 0.2) is 0 Å². The lowest BCUT2D eigenvalue weighted by atomic mass is 10.0. The number of aryl methyl sites for hydroxylation is 4. The van der Waals surface area contributed by atoms with E-state index in [1.165, 1.54) is 11.1 Å². The van der Waals surface area contributed by atoms with E-state index in [0.29, 0.717) is 21.5 Å². The summed E-state index contributed by atoms with van der Waals surface area (Å²) in [6.07, 6.45) is 5.80. The Morgan fingerprint density at radius 2 is 0.914 bits per heavy atom. The van der Waals surface area contributed by atoms with Gasteiger partial charge in [-0.1, -0.05) is 104 Å². The van der Waals surface area contributed by atoms with Crippen LogP contribution in [0.2, 0.25) is 10.0 Å². The number of rotatable bonds is 10. The van der Waals surface area contributed by atoms with Gasteiger partial charge in [-0.2, -0.15) is 0 Å². The molecule has 0 unspecified atom stereocenters. The Balaban J connectivity index is 1.37. The first-order valence-corrected chi connectivity index (χ1v) is 14.1. The second kappa shape index (κ2) is 13.0. The topological polar surface area (TPSA) is 9.23 Å². The molecule has 0 spiro atoms. The molecular formula is C30H26Br2Cl2O. The quantitative estimate of drug-likeness (QED) is 0.169. The molecule has 0 radical (unpaired) electrons. The Hall–Kier alpha value is -1.78. The third kappa shape index (κ3) is 7.60. The van der Waals surface area contributed by atoms with Crippen molar-refractivity contribution in [3.05, 3.63) is 126 Å². The highest BCUT2D eigenvalue weighted by Gasteiger charge is 2.13. The predicted octanol–water partition coefficient (Wildman–Crippen LogP) is 10.7. The van der Waals surface area contributed by atoms with Gasteiger partial charge in [-0.15, -0.1) is 0 Å². The molecule has 4 aromatic rings. The van der Waals surface area contributed by atoms with Crippen LogP contribution >= 0.6 is 55.1 Å². The zero-order chi connectivity index (χ0) is 24.6. The minimum atomic E-state index is 0.640. The first-order chi connectivity index (χ1) is 17.0. The van der Waals surface area contributed by atoms with Crippen LogP contribution in [0.5, 0.6) is 11.5 Å². The van der Waals surface area contributed by atoms with Gasteiger partial charge in [0.05, 0.1) is 10.0 Å². The zero-order valence-electron chi connectivity index (χ0n) is 19.2. The van der Waals surface area contributed by atoms with Crippen LogP contribution in [0.15, 0.2) is 93.9 Å². The molecule has 5 heteroatoms. The highest BCUT2D eigenvalue weighted by Crippen LogP contribution is 2.37. The molecule has 0 saturated heterocycles. The number of hydrogen-bond acceptors (Lipinski definition) is 1. The average molecular weight is 633 g/mol. The highest BCUT2D eigenvalue weighted by atomic mass is 79.9. The lowest BCUT2D eigenvalue weighted by molar-refractivity contribution is 0.481. The van der Waals surface area contributed by atoms with Crippen molar-refractivity contribution >= 4 is 55.1 Å². The molecule has 1 nitrogen and oxygen atoms in total. The van der Waals surface area contributed by atoms with Crippen molar-refractivity contribution in [3.8, 4) is 11.5 Å². The van der Waals surface area contributed by atoms with Crippen LogP contribution in [-0.4, -0.2) is 0 Å². The number of benzene rings is 4. The van der Waals surface area contributed by atoms with E-state index in [0.717, 1.165) is 58.6 Å². The Morgan fingerprint density at radius 1 is 0.514 bits per heavy atom. The van der Waals surface area contributed by atoms with Gasteiger partial charge in [0.2, 0.25) is 0 Å². The van der Waals surface area contributed by atoms with Crippen LogP contribution in [0.25, 0.3) is 0 Å². The van der Waals surface area contributed by atoms with Gasteiger partial charge >= 0.3 is 0 Å². The normalized spacial score (nSPS) is 11.0. The molecule has 0 aliphatic rings. The van der Waals surface area contributed by atoms with Gasteiger partial charge in [-0.25, -0.2) is 0 Å². The van der Waals surface area contributed by atoms with Gasteiger partial charge in [0, 0.05) is 8.95 Å². The Labute approximate surface area is 234 Å². The third-order valence-corrected chi connectivity index (χ3v) is 7.87. The fraction of sp³-hybridized carbons (Fsp3) is 0.200. The van der Waals surface area contributed by atoms with Crippen molar-refractivity contribution in [3.63, 3.8) is 0 Å². The van der Waals surface area contributed by atoms with E-state index in [1.54, 1.807) is 0 Å². The summed E-state index contributed by atoms with van der Waals surface area (Å²) in [5.41, 5.74) is 4.81. The Kier molecular flexibility index (Phi) is 9.74. The molecule has 0 heterocycles. The van der Waals surface area contributed by atoms with Crippen LogP contribution in [0.1, 0.15) is 35.1 Å². The van der Waals surface area contributed by atoms with E-state index in [-0.39, 0.29) is 0 Å². The molecule has 0 aromatic heterocycles. The maximum atomic E-state index is 6.74. The van der Waals surface area contributed by atoms with Gasteiger partial charge in [-0.05, 0) is 97.2 Å². The molecule has 0 bridgehead atoms. The SMILES string of the molecule is Clc1c(CCCc2ccc(Br)cc2)cccc1Oc1cccc(CCCc2ccc(Br)cc2)c1Cl. The summed E-state index contributed by atoms with van der Waals surface area (Å²) in [7, 11) is 0. The summed E-state index contributed by atoms with van der Waals surface area (Å²) in [4.78, 5) is 0. The minimum Gasteiger partial charge on any atom is -0.454 e. The molecule has 0 fully saturated rings. The first kappa shape index (κ1) is 26.3. The number of hydrogen-bond donors (Lipinski definition) is 0. The molecule has 0 atom stereocenters. The number of halogens is 4. The van der Waals surface area contributed by atoms with Crippen molar-refractivity contribution in [2.24, 2.45) is 0 Å². The van der Waals surface area contributed by atoms with E-state index in [2.05, 4.69) is 92.5 Å². The van der Waals surface area contributed by atoms with E-state index in [1.807, 2.05) is 24.3 Å². The maximum Gasteiger partial charge on any atom is 0.146 e. The molecule has 35 heavy (non-hydrogen) atoms. The standard InChI is InChI=1S/C30H26Br2Cl2O/c31-25-17-13-21(14-18-25)5-1-7-23-9-3-11-27(29(23)33)35-28-12-4-10-24(30(28)34)8-2-6-22-15-19-26(32)20-16-22/h3-4,9-20H,1-2,5-8H2. The van der Waals surface area contributed by atoms with Gasteiger partial charge < -0.3 is 4.74 Å². The van der Waals surface area contributed by atoms with Crippen molar-refractivity contribution in [1.82, 2.24) is 0 Å². The lowest BCUT2D eigenvalue weighted by Gasteiger charge is -2.14. The number of ether oxygens (including phenoxy) is 1. The second-order valence-electron chi connectivity index (χ2n) is 8.52. The summed E-state index contributed by atoms with van der Waals surface area (Å²) >= 11 is 20.4. The Bertz CT molecular complexity index is 1160. The minimum absolute atomic E-state index is 0.640. The molecule has 4 aromatic carbocycles. The monoisotopic (exact) mass is 630 g/mol. The largest absolute Gasteiger partial charge is 0.454 e. The first-order valence-electron chi connectivity index (χ1n) is 11.7. The molecule has 0 aliphatic heterocycles. The summed E-state index contributed by atoms with van der Waals surface area (Å²) in [6, 6.07) is 28.8. The van der Waals surface area contributed by atoms with Crippen LogP contribution in [0.4, 0.5) is 0 Å². The van der Waals surface area contributed by atoms with E-state index < -0.39 is 0 Å². The van der Waals surface area contributed by atoms with Crippen molar-refractivity contribution in [2.75, 3.05) is 0 Å². The highest BCUT2D eigenvalue weighted by molar-refractivity contribution is 9.10. The Morgan fingerprint density at radius 3 is 1.31 bits per heavy atom. The summed E-state index contributed by atoms with van der Waals surface area (Å²) < 4.78 is 8.40. The van der Waals surface area contributed by atoms with Crippen LogP contribution in [0, 0.1) is 0 Å². The molecule has 4 rings (SSSR count). The van der Waals surface area contributed by atoms with Crippen LogP contribution in [-0.2, 0) is 25.7 Å². The molecule has 0 saturated carbocycles. The van der Waals surface area contributed by atoms with Gasteiger partial charge in [0.1, 0.15) is 11.5 Å². The lowest BCUT2D eigenvalue weighted by Crippen LogP contribution is -1.95. The van der Waals surface area contributed by atoms with Crippen molar-refractivity contribution < 1.29 is 4.74 Å². The van der Waals surface area contributed by atoms with Gasteiger partial charge in [0.25, 0.3) is 0 Å². The molecule has 180 valence electrons. The summed E-state index contributed by atoms with van der Waals surface area (Å²) in [5, 5.41) is 1.31. The van der Waals surface area contributed by atoms with Crippen LogP contribution in [0.3, 0.4) is 0 Å². The zero-order valence-corrected chi connectivity index (χ0v) is 23.9. The van der Waals surface area contributed by atoms with Crippen molar-refractivity contribution in [1.29, 1.82) is 0 Å². The van der Waals surface area contributed by atoms with Crippen molar-refractivity contribution in [2.45, 2.75) is 38.5 Å². The smallest absolute Gasteiger partial charge is 0.146 e. The fourth-order valence-electron chi connectivity index (χ4n) is 4.04. The molecule has 0 amide bonds. The third-order valence-electron chi connectivity index (χ3n) is 5.96. The van der Waals surface area contributed by atoms with Crippen LogP contribution < -0.4 is 4.74 Å². The maximum absolute atomic E-state index is 6.74.